The van der Waals surface area contributed by atoms with Gasteiger partial charge in [0.2, 0.25) is 0 Å². The van der Waals surface area contributed by atoms with Crippen LogP contribution in [-0.2, 0) is 4.74 Å². The van der Waals surface area contributed by atoms with E-state index in [1.165, 1.54) is 24.0 Å². The SMILES string of the molecule is CCNC(CCN(C)CC1CCCO1)c1ccccc1C. The minimum absolute atomic E-state index is 0.447. The van der Waals surface area contributed by atoms with Gasteiger partial charge in [0.25, 0.3) is 0 Å². The summed E-state index contributed by atoms with van der Waals surface area (Å²) in [5.41, 5.74) is 2.81. The molecule has 0 spiro atoms. The molecular weight excluding hydrogens is 260 g/mol. The minimum atomic E-state index is 0.447. The summed E-state index contributed by atoms with van der Waals surface area (Å²) < 4.78 is 5.72. The predicted molar refractivity (Wildman–Crippen MR) is 88.7 cm³/mol. The molecule has 1 aliphatic heterocycles. The number of benzene rings is 1. The van der Waals surface area contributed by atoms with Crippen LogP contribution in [-0.4, -0.2) is 44.3 Å². The van der Waals surface area contributed by atoms with Crippen molar-refractivity contribution in [2.45, 2.75) is 45.3 Å². The van der Waals surface area contributed by atoms with Crippen molar-refractivity contribution >= 4 is 0 Å². The van der Waals surface area contributed by atoms with Gasteiger partial charge in [-0.2, -0.15) is 0 Å². The van der Waals surface area contributed by atoms with Gasteiger partial charge in [-0.1, -0.05) is 31.2 Å². The van der Waals surface area contributed by atoms with Gasteiger partial charge in [-0.05, 0) is 57.5 Å². The summed E-state index contributed by atoms with van der Waals surface area (Å²) in [7, 11) is 2.21. The molecule has 0 saturated carbocycles. The first-order valence-corrected chi connectivity index (χ1v) is 8.29. The summed E-state index contributed by atoms with van der Waals surface area (Å²) in [4.78, 5) is 2.42. The zero-order valence-electron chi connectivity index (χ0n) is 13.8. The van der Waals surface area contributed by atoms with Crippen molar-refractivity contribution in [3.63, 3.8) is 0 Å². The first-order chi connectivity index (χ1) is 10.2. The van der Waals surface area contributed by atoms with E-state index in [2.05, 4.69) is 55.4 Å². The monoisotopic (exact) mass is 290 g/mol. The third-order valence-corrected chi connectivity index (χ3v) is 4.35. The number of hydrogen-bond donors (Lipinski definition) is 1. The molecule has 1 saturated heterocycles. The van der Waals surface area contributed by atoms with Crippen LogP contribution in [0.3, 0.4) is 0 Å². The van der Waals surface area contributed by atoms with Gasteiger partial charge in [-0.15, -0.1) is 0 Å². The van der Waals surface area contributed by atoms with Gasteiger partial charge in [0.1, 0.15) is 0 Å². The number of likely N-dealkylation sites (N-methyl/N-ethyl adjacent to an activating group) is 1. The molecule has 1 aromatic rings. The third-order valence-electron chi connectivity index (χ3n) is 4.35. The van der Waals surface area contributed by atoms with Crippen LogP contribution in [0.4, 0.5) is 0 Å². The van der Waals surface area contributed by atoms with E-state index in [0.717, 1.165) is 32.7 Å². The van der Waals surface area contributed by atoms with Crippen LogP contribution in [0.15, 0.2) is 24.3 Å². The number of rotatable bonds is 8. The molecule has 3 heteroatoms. The van der Waals surface area contributed by atoms with Crippen LogP contribution in [0.25, 0.3) is 0 Å². The fourth-order valence-electron chi connectivity index (χ4n) is 3.17. The summed E-state index contributed by atoms with van der Waals surface area (Å²) in [5.74, 6) is 0. The maximum atomic E-state index is 5.72. The lowest BCUT2D eigenvalue weighted by atomic mass is 9.98. The minimum Gasteiger partial charge on any atom is -0.377 e. The van der Waals surface area contributed by atoms with E-state index in [0.29, 0.717) is 12.1 Å². The Labute approximate surface area is 129 Å². The molecule has 0 amide bonds. The van der Waals surface area contributed by atoms with E-state index in [4.69, 9.17) is 4.74 Å². The molecule has 21 heavy (non-hydrogen) atoms. The van der Waals surface area contributed by atoms with Crippen LogP contribution in [0.5, 0.6) is 0 Å². The van der Waals surface area contributed by atoms with Gasteiger partial charge in [-0.25, -0.2) is 0 Å². The molecule has 1 N–H and O–H groups in total. The second kappa shape index (κ2) is 8.52. The molecule has 0 aliphatic carbocycles. The molecular formula is C18H30N2O. The van der Waals surface area contributed by atoms with Gasteiger partial charge < -0.3 is 15.0 Å². The first-order valence-electron chi connectivity index (χ1n) is 8.29. The largest absolute Gasteiger partial charge is 0.377 e. The van der Waals surface area contributed by atoms with Crippen molar-refractivity contribution in [3.05, 3.63) is 35.4 Å². The number of ether oxygens (including phenoxy) is 1. The zero-order chi connectivity index (χ0) is 15.1. The predicted octanol–water partition coefficient (Wildman–Crippen LogP) is 3.15. The van der Waals surface area contributed by atoms with Crippen LogP contribution >= 0.6 is 0 Å². The topological polar surface area (TPSA) is 24.5 Å². The van der Waals surface area contributed by atoms with E-state index in [1.807, 2.05) is 0 Å². The highest BCUT2D eigenvalue weighted by Crippen LogP contribution is 2.21. The van der Waals surface area contributed by atoms with Gasteiger partial charge in [-0.3, -0.25) is 0 Å². The molecule has 3 nitrogen and oxygen atoms in total. The molecule has 118 valence electrons. The molecule has 0 aromatic heterocycles. The summed E-state index contributed by atoms with van der Waals surface area (Å²) in [5, 5.41) is 3.63. The second-order valence-corrected chi connectivity index (χ2v) is 6.15. The average Bonchev–Trinajstić information content (AvgIpc) is 2.97. The van der Waals surface area contributed by atoms with Crippen molar-refractivity contribution in [1.82, 2.24) is 10.2 Å². The lowest BCUT2D eigenvalue weighted by molar-refractivity contribution is 0.0801. The lowest BCUT2D eigenvalue weighted by Crippen LogP contribution is -2.32. The number of hydrogen-bond acceptors (Lipinski definition) is 3. The standard InChI is InChI=1S/C18H30N2O/c1-4-19-18(17-10-6-5-8-15(17)2)11-12-20(3)14-16-9-7-13-21-16/h5-6,8,10,16,18-19H,4,7,9,11-14H2,1-3H3. The molecule has 2 rings (SSSR count). The number of nitrogens with one attached hydrogen (secondary N) is 1. The fraction of sp³-hybridized carbons (Fsp3) is 0.667. The van der Waals surface area contributed by atoms with E-state index in [1.54, 1.807) is 0 Å². The van der Waals surface area contributed by atoms with Crippen molar-refractivity contribution in [2.75, 3.05) is 33.3 Å². The Hall–Kier alpha value is -0.900. The van der Waals surface area contributed by atoms with Gasteiger partial charge >= 0.3 is 0 Å². The highest BCUT2D eigenvalue weighted by Gasteiger charge is 2.18. The molecule has 2 atom stereocenters. The normalized spacial score (nSPS) is 20.1. The first kappa shape index (κ1) is 16.5. The lowest BCUT2D eigenvalue weighted by Gasteiger charge is -2.25. The molecule has 1 heterocycles. The molecule has 0 bridgehead atoms. The Bertz CT molecular complexity index is 415. The van der Waals surface area contributed by atoms with E-state index in [9.17, 15) is 0 Å². The maximum Gasteiger partial charge on any atom is 0.0702 e. The molecule has 2 unspecified atom stereocenters. The van der Waals surface area contributed by atoms with Crippen LogP contribution in [0.1, 0.15) is 43.4 Å². The zero-order valence-corrected chi connectivity index (χ0v) is 13.8. The van der Waals surface area contributed by atoms with Crippen molar-refractivity contribution in [1.29, 1.82) is 0 Å². The van der Waals surface area contributed by atoms with Crippen LogP contribution in [0.2, 0.25) is 0 Å². The molecule has 1 aromatic carbocycles. The summed E-state index contributed by atoms with van der Waals surface area (Å²) >= 11 is 0. The van der Waals surface area contributed by atoms with E-state index in [-0.39, 0.29) is 0 Å². The average molecular weight is 290 g/mol. The van der Waals surface area contributed by atoms with E-state index >= 15 is 0 Å². The van der Waals surface area contributed by atoms with Gasteiger partial charge in [0, 0.05) is 19.2 Å². The van der Waals surface area contributed by atoms with Crippen molar-refractivity contribution < 1.29 is 4.74 Å². The van der Waals surface area contributed by atoms with Crippen LogP contribution < -0.4 is 5.32 Å². The summed E-state index contributed by atoms with van der Waals surface area (Å²) in [6.07, 6.45) is 4.04. The quantitative estimate of drug-likeness (QED) is 0.796. The Kier molecular flexibility index (Phi) is 6.68. The highest BCUT2D eigenvalue weighted by atomic mass is 16.5. The third kappa shape index (κ3) is 5.10. The summed E-state index contributed by atoms with van der Waals surface area (Å²) in [6, 6.07) is 9.16. The Morgan fingerprint density at radius 3 is 2.86 bits per heavy atom. The Morgan fingerprint density at radius 2 is 2.19 bits per heavy atom. The van der Waals surface area contributed by atoms with Crippen molar-refractivity contribution in [3.8, 4) is 0 Å². The smallest absolute Gasteiger partial charge is 0.0702 e. The van der Waals surface area contributed by atoms with Gasteiger partial charge in [0.05, 0.1) is 6.10 Å². The van der Waals surface area contributed by atoms with Crippen LogP contribution in [0, 0.1) is 6.92 Å². The maximum absolute atomic E-state index is 5.72. The second-order valence-electron chi connectivity index (χ2n) is 6.15. The van der Waals surface area contributed by atoms with E-state index < -0.39 is 0 Å². The molecule has 0 radical (unpaired) electrons. The fourth-order valence-corrected chi connectivity index (χ4v) is 3.17. The molecule has 1 aliphatic rings. The van der Waals surface area contributed by atoms with Crippen molar-refractivity contribution in [2.24, 2.45) is 0 Å². The Morgan fingerprint density at radius 1 is 1.38 bits per heavy atom. The number of aryl methyl sites for hydroxylation is 1. The van der Waals surface area contributed by atoms with Gasteiger partial charge in [0.15, 0.2) is 0 Å². The molecule has 1 fully saturated rings. The summed E-state index contributed by atoms with van der Waals surface area (Å²) in [6.45, 7) is 8.51. The Balaban J connectivity index is 1.86. The highest BCUT2D eigenvalue weighted by molar-refractivity contribution is 5.28. The number of nitrogens with zero attached hydrogens (tertiary/aromatic N) is 1.